The molecule has 0 amide bonds. The van der Waals surface area contributed by atoms with Gasteiger partial charge in [0.1, 0.15) is 0 Å². The molecule has 7 nitrogen and oxygen atoms in total. The fraction of sp³-hybridized carbons (Fsp3) is 0.333. The van der Waals surface area contributed by atoms with E-state index in [1.807, 2.05) is 4.72 Å². The number of sulfonamides is 1. The molecule has 0 atom stereocenters. The van der Waals surface area contributed by atoms with Crippen molar-refractivity contribution >= 4 is 33.2 Å². The minimum atomic E-state index is -4.48. The molecule has 12 heteroatoms. The van der Waals surface area contributed by atoms with E-state index in [0.29, 0.717) is 0 Å². The van der Waals surface area contributed by atoms with Gasteiger partial charge in [0.05, 0.1) is 4.92 Å². The Labute approximate surface area is 121 Å². The summed E-state index contributed by atoms with van der Waals surface area (Å²) in [7, 11) is -4.33. The molecule has 1 aromatic carbocycles. The zero-order valence-electron chi connectivity index (χ0n) is 10.3. The number of alkyl halides is 3. The van der Waals surface area contributed by atoms with Crippen molar-refractivity contribution in [3.8, 4) is 0 Å². The lowest BCUT2D eigenvalue weighted by atomic mass is 10.3. The number of hydrogen-bond acceptors (Lipinski definition) is 6. The van der Waals surface area contributed by atoms with Gasteiger partial charge in [0.25, 0.3) is 5.69 Å². The summed E-state index contributed by atoms with van der Waals surface area (Å²) in [6.07, 6.45) is 0. The molecule has 1 aromatic rings. The van der Waals surface area contributed by atoms with Gasteiger partial charge < -0.3 is 5.73 Å². The lowest BCUT2D eigenvalue weighted by Gasteiger charge is -2.09. The molecular formula is C9H10F3N3O4S2. The van der Waals surface area contributed by atoms with E-state index in [1.165, 1.54) is 0 Å². The number of nitrogen functional groups attached to an aromatic ring is 1. The summed E-state index contributed by atoms with van der Waals surface area (Å²) in [5.41, 5.74) is 0.160. The number of nitrogens with two attached hydrogens (primary N) is 1. The number of nitrogens with zero attached hydrogens (tertiary/aromatic N) is 1. The van der Waals surface area contributed by atoms with E-state index in [0.717, 1.165) is 18.2 Å². The number of thioether (sulfide) groups is 1. The lowest BCUT2D eigenvalue weighted by Crippen LogP contribution is -2.27. The number of benzene rings is 1. The van der Waals surface area contributed by atoms with Gasteiger partial charge in [0, 0.05) is 24.1 Å². The zero-order chi connectivity index (χ0) is 16.3. The minimum absolute atomic E-state index is 0.0226. The number of nitrogens with one attached hydrogen (secondary N) is 1. The van der Waals surface area contributed by atoms with Crippen LogP contribution in [0.25, 0.3) is 0 Å². The molecule has 0 unspecified atom stereocenters. The van der Waals surface area contributed by atoms with Gasteiger partial charge in [-0.3, -0.25) is 10.1 Å². The van der Waals surface area contributed by atoms with Crippen LogP contribution in [0.2, 0.25) is 0 Å². The number of nitro benzene ring substituents is 1. The van der Waals surface area contributed by atoms with Gasteiger partial charge >= 0.3 is 5.51 Å². The Hall–Kier alpha value is -1.53. The van der Waals surface area contributed by atoms with Gasteiger partial charge in [-0.05, 0) is 23.9 Å². The first-order chi connectivity index (χ1) is 9.53. The molecule has 118 valence electrons. The molecular weight excluding hydrogens is 335 g/mol. The van der Waals surface area contributed by atoms with E-state index in [4.69, 9.17) is 5.73 Å². The number of anilines is 1. The standard InChI is InChI=1S/C9H10F3N3O4S2/c10-9(11,12)20-4-3-14-21(18,19)8-5-6(13)1-2-7(8)15(16)17/h1-2,5,14H,3-4,13H2. The number of nitro groups is 1. The van der Waals surface area contributed by atoms with E-state index >= 15 is 0 Å². The molecule has 1 rings (SSSR count). The van der Waals surface area contributed by atoms with E-state index in [1.54, 1.807) is 0 Å². The van der Waals surface area contributed by atoms with Crippen molar-refractivity contribution < 1.29 is 26.5 Å². The average molecular weight is 345 g/mol. The molecule has 0 aliphatic carbocycles. The molecule has 0 aliphatic heterocycles. The van der Waals surface area contributed by atoms with Crippen LogP contribution in [0.4, 0.5) is 24.5 Å². The van der Waals surface area contributed by atoms with Gasteiger partial charge in [0.15, 0.2) is 4.90 Å². The predicted molar refractivity (Wildman–Crippen MR) is 71.2 cm³/mol. The summed E-state index contributed by atoms with van der Waals surface area (Å²) >= 11 is -0.402. The highest BCUT2D eigenvalue weighted by molar-refractivity contribution is 8.00. The molecule has 0 aromatic heterocycles. The SMILES string of the molecule is Nc1ccc([N+](=O)[O-])c(S(=O)(=O)NCCSC(F)(F)F)c1. The van der Waals surface area contributed by atoms with Gasteiger partial charge in [0.2, 0.25) is 10.0 Å². The number of hydrogen-bond donors (Lipinski definition) is 2. The second-order valence-electron chi connectivity index (χ2n) is 3.68. The third kappa shape index (κ3) is 5.40. The second-order valence-corrected chi connectivity index (χ2v) is 6.57. The first-order valence-electron chi connectivity index (χ1n) is 5.27. The second kappa shape index (κ2) is 6.49. The summed E-state index contributed by atoms with van der Waals surface area (Å²) in [6.45, 7) is -0.529. The molecule has 0 heterocycles. The first kappa shape index (κ1) is 17.5. The van der Waals surface area contributed by atoms with Crippen LogP contribution < -0.4 is 10.5 Å². The summed E-state index contributed by atoms with van der Waals surface area (Å²) in [6, 6.07) is 2.93. The van der Waals surface area contributed by atoms with Crippen molar-refractivity contribution in [1.82, 2.24) is 4.72 Å². The van der Waals surface area contributed by atoms with Crippen LogP contribution in [0.3, 0.4) is 0 Å². The predicted octanol–water partition coefficient (Wildman–Crippen LogP) is 1.71. The molecule has 0 aliphatic rings. The Morgan fingerprint density at radius 1 is 1.38 bits per heavy atom. The van der Waals surface area contributed by atoms with E-state index < -0.39 is 55.1 Å². The van der Waals surface area contributed by atoms with Crippen molar-refractivity contribution in [3.05, 3.63) is 28.3 Å². The van der Waals surface area contributed by atoms with Gasteiger partial charge in [-0.15, -0.1) is 0 Å². The molecule has 21 heavy (non-hydrogen) atoms. The van der Waals surface area contributed by atoms with Crippen LogP contribution in [0.15, 0.2) is 23.1 Å². The van der Waals surface area contributed by atoms with Crippen LogP contribution in [0.1, 0.15) is 0 Å². The van der Waals surface area contributed by atoms with Gasteiger partial charge in [-0.25, -0.2) is 13.1 Å². The largest absolute Gasteiger partial charge is 0.441 e. The number of rotatable bonds is 6. The van der Waals surface area contributed by atoms with Crippen LogP contribution in [-0.2, 0) is 10.0 Å². The Morgan fingerprint density at radius 3 is 2.52 bits per heavy atom. The van der Waals surface area contributed by atoms with Gasteiger partial charge in [-0.1, -0.05) is 0 Å². The quantitative estimate of drug-likeness (QED) is 0.351. The van der Waals surface area contributed by atoms with E-state index in [2.05, 4.69) is 0 Å². The maximum absolute atomic E-state index is 11.9. The third-order valence-electron chi connectivity index (χ3n) is 2.13. The minimum Gasteiger partial charge on any atom is -0.399 e. The molecule has 0 bridgehead atoms. The highest BCUT2D eigenvalue weighted by atomic mass is 32.2. The van der Waals surface area contributed by atoms with Crippen LogP contribution in [0, 0.1) is 10.1 Å². The zero-order valence-corrected chi connectivity index (χ0v) is 11.9. The molecule has 0 spiro atoms. The fourth-order valence-corrected chi connectivity index (χ4v) is 3.12. The summed E-state index contributed by atoms with van der Waals surface area (Å²) < 4.78 is 61.3. The average Bonchev–Trinajstić information content (AvgIpc) is 2.33. The topological polar surface area (TPSA) is 115 Å². The van der Waals surface area contributed by atoms with Crippen molar-refractivity contribution in [2.45, 2.75) is 10.4 Å². The van der Waals surface area contributed by atoms with Crippen molar-refractivity contribution in [1.29, 1.82) is 0 Å². The van der Waals surface area contributed by atoms with Gasteiger partial charge in [-0.2, -0.15) is 13.2 Å². The molecule has 3 N–H and O–H groups in total. The smallest absolute Gasteiger partial charge is 0.399 e. The molecule has 0 saturated heterocycles. The highest BCUT2D eigenvalue weighted by Crippen LogP contribution is 2.30. The Bertz CT molecular complexity index is 634. The van der Waals surface area contributed by atoms with Crippen LogP contribution >= 0.6 is 11.8 Å². The van der Waals surface area contributed by atoms with E-state index in [-0.39, 0.29) is 5.69 Å². The Kier molecular flexibility index (Phi) is 5.42. The Balaban J connectivity index is 2.88. The maximum atomic E-state index is 11.9. The number of halogens is 3. The van der Waals surface area contributed by atoms with Crippen LogP contribution in [0.5, 0.6) is 0 Å². The molecule has 0 fully saturated rings. The van der Waals surface area contributed by atoms with Crippen LogP contribution in [-0.4, -0.2) is 31.1 Å². The third-order valence-corrected chi connectivity index (χ3v) is 4.36. The molecule has 0 radical (unpaired) electrons. The van der Waals surface area contributed by atoms with Crippen molar-refractivity contribution in [2.24, 2.45) is 0 Å². The first-order valence-corrected chi connectivity index (χ1v) is 7.74. The summed E-state index contributed by atoms with van der Waals surface area (Å²) in [4.78, 5) is 9.15. The Morgan fingerprint density at radius 2 is 2.00 bits per heavy atom. The lowest BCUT2D eigenvalue weighted by molar-refractivity contribution is -0.387. The highest BCUT2D eigenvalue weighted by Gasteiger charge is 2.29. The molecule has 0 saturated carbocycles. The van der Waals surface area contributed by atoms with Crippen molar-refractivity contribution in [3.63, 3.8) is 0 Å². The maximum Gasteiger partial charge on any atom is 0.441 e. The normalized spacial score (nSPS) is 12.3. The van der Waals surface area contributed by atoms with E-state index in [9.17, 15) is 31.7 Å². The van der Waals surface area contributed by atoms with Crippen molar-refractivity contribution in [2.75, 3.05) is 18.0 Å². The monoisotopic (exact) mass is 345 g/mol. The fourth-order valence-electron chi connectivity index (χ4n) is 1.32. The summed E-state index contributed by atoms with van der Waals surface area (Å²) in [5.74, 6) is -0.557. The summed E-state index contributed by atoms with van der Waals surface area (Å²) in [5, 5.41) is 10.8.